The van der Waals surface area contributed by atoms with Gasteiger partial charge in [-0.2, -0.15) is 13.2 Å². The van der Waals surface area contributed by atoms with Gasteiger partial charge in [0.1, 0.15) is 12.1 Å². The molecule has 0 radical (unpaired) electrons. The van der Waals surface area contributed by atoms with E-state index in [0.717, 1.165) is 12.8 Å². The van der Waals surface area contributed by atoms with Crippen LogP contribution in [-0.4, -0.2) is 65.5 Å². The Morgan fingerprint density at radius 1 is 1.00 bits per heavy atom. The fourth-order valence-electron chi connectivity index (χ4n) is 3.47. The number of carbonyl (C=O) groups is 3. The number of likely N-dealkylation sites (tertiary alicyclic amines) is 2. The molecule has 6 nitrogen and oxygen atoms in total. The first-order chi connectivity index (χ1) is 12.3. The summed E-state index contributed by atoms with van der Waals surface area (Å²) in [5.41, 5.74) is 0. The highest BCUT2D eigenvalue weighted by Gasteiger charge is 2.49. The summed E-state index contributed by atoms with van der Waals surface area (Å²) in [7, 11) is 0. The van der Waals surface area contributed by atoms with E-state index in [2.05, 4.69) is 0 Å². The van der Waals surface area contributed by atoms with E-state index in [1.165, 1.54) is 4.90 Å². The highest BCUT2D eigenvalue weighted by molar-refractivity contribution is 5.92. The molecular weight excluding hydrogens is 353 g/mol. The fourth-order valence-corrected chi connectivity index (χ4v) is 3.47. The summed E-state index contributed by atoms with van der Waals surface area (Å²) in [6.07, 6.45) is -1.09. The Hall–Kier alpha value is -1.80. The Bertz CT molecular complexity index is 539. The Morgan fingerprint density at radius 3 is 2.31 bits per heavy atom. The molecule has 0 spiro atoms. The van der Waals surface area contributed by atoms with Crippen molar-refractivity contribution in [2.75, 3.05) is 19.7 Å². The number of rotatable bonds is 5. The molecule has 0 aliphatic carbocycles. The molecule has 0 aromatic rings. The van der Waals surface area contributed by atoms with E-state index in [1.54, 1.807) is 0 Å². The van der Waals surface area contributed by atoms with Crippen molar-refractivity contribution < 1.29 is 32.3 Å². The Labute approximate surface area is 150 Å². The molecule has 2 rings (SSSR count). The maximum absolute atomic E-state index is 12.8. The van der Waals surface area contributed by atoms with E-state index in [1.807, 2.05) is 6.92 Å². The van der Waals surface area contributed by atoms with E-state index < -0.39 is 36.0 Å². The van der Waals surface area contributed by atoms with Gasteiger partial charge < -0.3 is 14.5 Å². The normalized spacial score (nSPS) is 23.8. The Morgan fingerprint density at radius 2 is 1.65 bits per heavy atom. The third-order valence-corrected chi connectivity index (χ3v) is 4.84. The molecule has 0 aromatic carbocycles. The first-order valence-electron chi connectivity index (χ1n) is 9.12. The highest BCUT2D eigenvalue weighted by atomic mass is 19.4. The molecule has 2 saturated heterocycles. The average Bonchev–Trinajstić information content (AvgIpc) is 3.09. The minimum atomic E-state index is -5.01. The largest absolute Gasteiger partial charge is 0.471 e. The summed E-state index contributed by atoms with van der Waals surface area (Å²) >= 11 is 0. The smallest absolute Gasteiger partial charge is 0.464 e. The second-order valence-electron chi connectivity index (χ2n) is 6.72. The lowest BCUT2D eigenvalue weighted by Crippen LogP contribution is -2.56. The number of ether oxygens (including phenoxy) is 1. The van der Waals surface area contributed by atoms with Gasteiger partial charge in [-0.25, -0.2) is 4.79 Å². The number of unbranched alkanes of at least 4 members (excludes halogenated alkanes) is 1. The summed E-state index contributed by atoms with van der Waals surface area (Å²) in [6.45, 7) is 2.40. The number of alkyl halides is 3. The van der Waals surface area contributed by atoms with Gasteiger partial charge in [-0.05, 0) is 38.5 Å². The van der Waals surface area contributed by atoms with E-state index in [9.17, 15) is 27.6 Å². The molecule has 26 heavy (non-hydrogen) atoms. The Kier molecular flexibility index (Phi) is 6.88. The van der Waals surface area contributed by atoms with E-state index in [-0.39, 0.29) is 26.1 Å². The van der Waals surface area contributed by atoms with E-state index in [4.69, 9.17) is 4.74 Å². The van der Waals surface area contributed by atoms with Gasteiger partial charge in [0.25, 0.3) is 0 Å². The molecule has 148 valence electrons. The summed E-state index contributed by atoms with van der Waals surface area (Å²) < 4.78 is 43.5. The molecule has 2 heterocycles. The molecule has 0 aromatic heterocycles. The second kappa shape index (κ2) is 8.73. The maximum Gasteiger partial charge on any atom is 0.471 e. The van der Waals surface area contributed by atoms with Gasteiger partial charge >= 0.3 is 18.1 Å². The molecule has 0 N–H and O–H groups in total. The molecule has 2 aliphatic rings. The van der Waals surface area contributed by atoms with Gasteiger partial charge in [-0.15, -0.1) is 0 Å². The van der Waals surface area contributed by atoms with Crippen LogP contribution in [0.25, 0.3) is 0 Å². The van der Waals surface area contributed by atoms with Crippen LogP contribution in [-0.2, 0) is 19.1 Å². The van der Waals surface area contributed by atoms with Gasteiger partial charge in [-0.1, -0.05) is 13.3 Å². The van der Waals surface area contributed by atoms with Gasteiger partial charge in [0.2, 0.25) is 5.91 Å². The number of hydrogen-bond donors (Lipinski definition) is 0. The maximum atomic E-state index is 12.8. The van der Waals surface area contributed by atoms with Crippen molar-refractivity contribution >= 4 is 17.8 Å². The topological polar surface area (TPSA) is 66.9 Å². The van der Waals surface area contributed by atoms with Gasteiger partial charge in [0, 0.05) is 13.1 Å². The van der Waals surface area contributed by atoms with Crippen molar-refractivity contribution in [3.05, 3.63) is 0 Å². The average molecular weight is 378 g/mol. The molecule has 0 bridgehead atoms. The molecule has 9 heteroatoms. The number of amides is 2. The zero-order valence-corrected chi connectivity index (χ0v) is 14.9. The number of hydrogen-bond acceptors (Lipinski definition) is 4. The number of nitrogens with zero attached hydrogens (tertiary/aromatic N) is 2. The van der Waals surface area contributed by atoms with Gasteiger partial charge in [0.05, 0.1) is 6.61 Å². The minimum Gasteiger partial charge on any atom is -0.464 e. The zero-order chi connectivity index (χ0) is 19.3. The monoisotopic (exact) mass is 378 g/mol. The molecule has 0 unspecified atom stereocenters. The quantitative estimate of drug-likeness (QED) is 0.544. The van der Waals surface area contributed by atoms with E-state index >= 15 is 0 Å². The van der Waals surface area contributed by atoms with Crippen molar-refractivity contribution in [2.24, 2.45) is 0 Å². The molecular formula is C17H25F3N2O4. The lowest BCUT2D eigenvalue weighted by atomic mass is 10.0. The summed E-state index contributed by atoms with van der Waals surface area (Å²) in [4.78, 5) is 38.6. The van der Waals surface area contributed by atoms with E-state index in [0.29, 0.717) is 30.6 Å². The summed E-state index contributed by atoms with van der Waals surface area (Å²) in [5, 5.41) is 0. The molecule has 2 fully saturated rings. The number of esters is 1. The number of carbonyl (C=O) groups excluding carboxylic acids is 3. The predicted molar refractivity (Wildman–Crippen MR) is 86.0 cm³/mol. The van der Waals surface area contributed by atoms with Crippen LogP contribution in [0.1, 0.15) is 51.9 Å². The van der Waals surface area contributed by atoms with Crippen molar-refractivity contribution in [3.8, 4) is 0 Å². The summed E-state index contributed by atoms with van der Waals surface area (Å²) in [6, 6.07) is -1.94. The standard InChI is InChI=1S/C17H25F3N2O4/c1-2-3-11-26-15(24)13-7-4-5-9-21(13)14(23)12-8-6-10-22(12)16(25)17(18,19)20/h12-13H,2-11H2,1H3/t12-,13-/m0/s1. The second-order valence-corrected chi connectivity index (χ2v) is 6.72. The fraction of sp³-hybridized carbons (Fsp3) is 0.824. The third kappa shape index (κ3) is 4.67. The first kappa shape index (κ1) is 20.5. The highest BCUT2D eigenvalue weighted by Crippen LogP contribution is 2.29. The van der Waals surface area contributed by atoms with Gasteiger partial charge in [-0.3, -0.25) is 9.59 Å². The van der Waals surface area contributed by atoms with Crippen molar-refractivity contribution in [1.29, 1.82) is 0 Å². The van der Waals surface area contributed by atoms with Crippen LogP contribution in [0.2, 0.25) is 0 Å². The van der Waals surface area contributed by atoms with Crippen molar-refractivity contribution in [2.45, 2.75) is 70.1 Å². The molecule has 2 aliphatic heterocycles. The first-order valence-corrected chi connectivity index (χ1v) is 9.12. The SMILES string of the molecule is CCCCOC(=O)[C@@H]1CCCCN1C(=O)[C@@H]1CCCN1C(=O)C(F)(F)F. The van der Waals surface area contributed by atoms with Crippen molar-refractivity contribution in [3.63, 3.8) is 0 Å². The van der Waals surface area contributed by atoms with Crippen LogP contribution < -0.4 is 0 Å². The van der Waals surface area contributed by atoms with Crippen LogP contribution in [0.15, 0.2) is 0 Å². The van der Waals surface area contributed by atoms with Crippen LogP contribution in [0.4, 0.5) is 13.2 Å². The Balaban J connectivity index is 2.09. The third-order valence-electron chi connectivity index (χ3n) is 4.84. The van der Waals surface area contributed by atoms with Crippen LogP contribution in [0, 0.1) is 0 Å². The van der Waals surface area contributed by atoms with Crippen LogP contribution in [0.3, 0.4) is 0 Å². The van der Waals surface area contributed by atoms with Crippen molar-refractivity contribution in [1.82, 2.24) is 9.80 Å². The minimum absolute atomic E-state index is 0.103. The lowest BCUT2D eigenvalue weighted by molar-refractivity contribution is -0.187. The van der Waals surface area contributed by atoms with Gasteiger partial charge in [0.15, 0.2) is 0 Å². The lowest BCUT2D eigenvalue weighted by Gasteiger charge is -2.37. The summed E-state index contributed by atoms with van der Waals surface area (Å²) in [5.74, 6) is -3.09. The van der Waals surface area contributed by atoms with Crippen LogP contribution >= 0.6 is 0 Å². The predicted octanol–water partition coefficient (Wildman–Crippen LogP) is 2.26. The molecule has 0 saturated carbocycles. The van der Waals surface area contributed by atoms with Crippen LogP contribution in [0.5, 0.6) is 0 Å². The number of piperidine rings is 1. The molecule has 2 amide bonds. The zero-order valence-electron chi connectivity index (χ0n) is 14.9. The molecule has 2 atom stereocenters. The number of halogens is 3.